The van der Waals surface area contributed by atoms with E-state index in [0.717, 1.165) is 0 Å². The van der Waals surface area contributed by atoms with Crippen LogP contribution in [0.2, 0.25) is 0 Å². The van der Waals surface area contributed by atoms with Crippen LogP contribution in [0.3, 0.4) is 0 Å². The molecule has 0 saturated carbocycles. The summed E-state index contributed by atoms with van der Waals surface area (Å²) in [6.07, 6.45) is 0. The van der Waals surface area contributed by atoms with Gasteiger partial charge in [-0.05, 0) is 11.3 Å². The van der Waals surface area contributed by atoms with Gasteiger partial charge in [0.15, 0.2) is 0 Å². The molecule has 5 nitrogen and oxygen atoms in total. The van der Waals surface area contributed by atoms with Gasteiger partial charge in [0.2, 0.25) is 11.8 Å². The monoisotopic (exact) mass is 229 g/mol. The number of rotatable bonds is 5. The van der Waals surface area contributed by atoms with Gasteiger partial charge >= 0.3 is 0 Å². The highest BCUT2D eigenvalue weighted by Gasteiger charge is 2.20. The maximum atomic E-state index is 11.3. The first-order valence-electron chi connectivity index (χ1n) is 5.50. The van der Waals surface area contributed by atoms with Crippen LogP contribution < -0.4 is 16.4 Å². The lowest BCUT2D eigenvalue weighted by Gasteiger charge is -2.27. The summed E-state index contributed by atoms with van der Waals surface area (Å²) in [6.45, 7) is 8.97. The van der Waals surface area contributed by atoms with Gasteiger partial charge in [0.1, 0.15) is 0 Å². The Morgan fingerprint density at radius 1 is 1.19 bits per heavy atom. The summed E-state index contributed by atoms with van der Waals surface area (Å²) in [5, 5.41) is 5.19. The average molecular weight is 229 g/mol. The second kappa shape index (κ2) is 6.48. The van der Waals surface area contributed by atoms with Crippen molar-refractivity contribution in [1.29, 1.82) is 0 Å². The summed E-state index contributed by atoms with van der Waals surface area (Å²) in [5.74, 6) is -0.126. The molecule has 0 aliphatic rings. The molecule has 1 unspecified atom stereocenters. The molecule has 16 heavy (non-hydrogen) atoms. The second-order valence-electron chi connectivity index (χ2n) is 5.05. The van der Waals surface area contributed by atoms with Crippen LogP contribution in [0.25, 0.3) is 0 Å². The Morgan fingerprint density at radius 2 is 1.75 bits per heavy atom. The van der Waals surface area contributed by atoms with E-state index in [1.165, 1.54) is 0 Å². The molecule has 4 N–H and O–H groups in total. The highest BCUT2D eigenvalue weighted by molar-refractivity contribution is 5.85. The van der Waals surface area contributed by atoms with Gasteiger partial charge in [-0.2, -0.15) is 0 Å². The molecular weight excluding hydrogens is 206 g/mol. The van der Waals surface area contributed by atoms with E-state index in [2.05, 4.69) is 38.3 Å². The van der Waals surface area contributed by atoms with Crippen molar-refractivity contribution in [3.63, 3.8) is 0 Å². The summed E-state index contributed by atoms with van der Waals surface area (Å²) in [6, 6.07) is 0. The first kappa shape index (κ1) is 14.9. The third-order valence-electron chi connectivity index (χ3n) is 2.72. The molecule has 0 aromatic heterocycles. The van der Waals surface area contributed by atoms with E-state index < -0.39 is 0 Å². The van der Waals surface area contributed by atoms with Crippen LogP contribution in [0.5, 0.6) is 0 Å². The Hall–Kier alpha value is -1.10. The van der Waals surface area contributed by atoms with E-state index in [4.69, 9.17) is 5.73 Å². The number of hydrogen-bond acceptors (Lipinski definition) is 3. The van der Waals surface area contributed by atoms with Gasteiger partial charge in [-0.15, -0.1) is 0 Å². The molecule has 0 aliphatic carbocycles. The average Bonchev–Trinajstić information content (AvgIpc) is 2.20. The minimum atomic E-state index is -0.320. The van der Waals surface area contributed by atoms with Crippen LogP contribution in [-0.2, 0) is 9.59 Å². The van der Waals surface area contributed by atoms with Crippen molar-refractivity contribution in [2.45, 2.75) is 27.7 Å². The van der Waals surface area contributed by atoms with Crippen LogP contribution >= 0.6 is 0 Å². The number of amides is 2. The zero-order chi connectivity index (χ0) is 12.8. The molecule has 1 atom stereocenters. The first-order chi connectivity index (χ1) is 7.27. The molecule has 0 fully saturated rings. The van der Waals surface area contributed by atoms with Crippen molar-refractivity contribution < 1.29 is 9.59 Å². The van der Waals surface area contributed by atoms with Gasteiger partial charge < -0.3 is 16.4 Å². The summed E-state index contributed by atoms with van der Waals surface area (Å²) >= 11 is 0. The molecule has 0 radical (unpaired) electrons. The molecule has 0 heterocycles. The van der Waals surface area contributed by atoms with Gasteiger partial charge in [-0.3, -0.25) is 9.59 Å². The van der Waals surface area contributed by atoms with Crippen LogP contribution in [-0.4, -0.2) is 31.4 Å². The maximum absolute atomic E-state index is 11.3. The van der Waals surface area contributed by atoms with Crippen LogP contribution in [0.1, 0.15) is 27.7 Å². The molecular formula is C11H23N3O2. The lowest BCUT2D eigenvalue weighted by Crippen LogP contribution is -2.41. The summed E-state index contributed by atoms with van der Waals surface area (Å²) in [7, 11) is 0. The van der Waals surface area contributed by atoms with Crippen molar-refractivity contribution in [3.05, 3.63) is 0 Å². The van der Waals surface area contributed by atoms with Gasteiger partial charge in [0.05, 0.1) is 13.1 Å². The van der Waals surface area contributed by atoms with Crippen molar-refractivity contribution in [2.24, 2.45) is 17.1 Å². The van der Waals surface area contributed by atoms with Gasteiger partial charge in [0, 0.05) is 6.54 Å². The smallest absolute Gasteiger partial charge is 0.239 e. The Bertz CT molecular complexity index is 246. The molecule has 0 aliphatic heterocycles. The van der Waals surface area contributed by atoms with Crippen molar-refractivity contribution >= 4 is 11.8 Å². The molecule has 0 rings (SSSR count). The Morgan fingerprint density at radius 3 is 2.19 bits per heavy atom. The third kappa shape index (κ3) is 6.40. The molecule has 5 heteroatoms. The Labute approximate surface area is 97.2 Å². The number of nitrogens with two attached hydrogens (primary N) is 1. The summed E-state index contributed by atoms with van der Waals surface area (Å²) in [4.78, 5) is 22.1. The standard InChI is InChI=1S/C11H23N3O2/c1-8(11(2,3)4)6-13-10(16)7-14-9(15)5-12/h8H,5-7,12H2,1-4H3,(H,13,16)(H,14,15). The highest BCUT2D eigenvalue weighted by atomic mass is 16.2. The molecule has 0 saturated heterocycles. The lowest BCUT2D eigenvalue weighted by molar-refractivity contribution is -0.125. The normalized spacial score (nSPS) is 13.1. The van der Waals surface area contributed by atoms with Gasteiger partial charge in [-0.1, -0.05) is 27.7 Å². The number of hydrogen-bond donors (Lipinski definition) is 3. The summed E-state index contributed by atoms with van der Waals surface area (Å²) < 4.78 is 0. The van der Waals surface area contributed by atoms with Crippen LogP contribution in [0, 0.1) is 11.3 Å². The number of nitrogens with one attached hydrogen (secondary N) is 2. The molecule has 2 amide bonds. The quantitative estimate of drug-likeness (QED) is 0.613. The number of carbonyl (C=O) groups is 2. The van der Waals surface area contributed by atoms with Crippen molar-refractivity contribution in [3.8, 4) is 0 Å². The minimum Gasteiger partial charge on any atom is -0.354 e. The van der Waals surface area contributed by atoms with E-state index in [9.17, 15) is 9.59 Å². The van der Waals surface area contributed by atoms with Crippen LogP contribution in [0.15, 0.2) is 0 Å². The third-order valence-corrected chi connectivity index (χ3v) is 2.72. The van der Waals surface area contributed by atoms with E-state index >= 15 is 0 Å². The topological polar surface area (TPSA) is 84.2 Å². The minimum absolute atomic E-state index is 0.00705. The first-order valence-corrected chi connectivity index (χ1v) is 5.50. The van der Waals surface area contributed by atoms with Gasteiger partial charge in [-0.25, -0.2) is 0 Å². The van der Waals surface area contributed by atoms with E-state index in [1.54, 1.807) is 0 Å². The van der Waals surface area contributed by atoms with E-state index in [0.29, 0.717) is 12.5 Å². The molecule has 0 aromatic rings. The predicted octanol–water partition coefficient (Wildman–Crippen LogP) is -0.140. The summed E-state index contributed by atoms with van der Waals surface area (Å²) in [5.41, 5.74) is 5.25. The van der Waals surface area contributed by atoms with Gasteiger partial charge in [0.25, 0.3) is 0 Å². The van der Waals surface area contributed by atoms with E-state index in [1.807, 2.05) is 0 Å². The Balaban J connectivity index is 3.78. The predicted molar refractivity (Wildman–Crippen MR) is 63.7 cm³/mol. The fourth-order valence-electron chi connectivity index (χ4n) is 0.887. The molecule has 0 aromatic carbocycles. The van der Waals surface area contributed by atoms with E-state index in [-0.39, 0.29) is 30.3 Å². The SMILES string of the molecule is CC(CNC(=O)CNC(=O)CN)C(C)(C)C. The molecule has 94 valence electrons. The fourth-order valence-corrected chi connectivity index (χ4v) is 0.887. The zero-order valence-corrected chi connectivity index (χ0v) is 10.6. The number of carbonyl (C=O) groups excluding carboxylic acids is 2. The maximum Gasteiger partial charge on any atom is 0.239 e. The largest absolute Gasteiger partial charge is 0.354 e. The second-order valence-corrected chi connectivity index (χ2v) is 5.05. The van der Waals surface area contributed by atoms with Crippen LogP contribution in [0.4, 0.5) is 0 Å². The fraction of sp³-hybridized carbons (Fsp3) is 0.818. The Kier molecular flexibility index (Phi) is 6.03. The molecule has 0 bridgehead atoms. The highest BCUT2D eigenvalue weighted by Crippen LogP contribution is 2.24. The molecule has 0 spiro atoms. The van der Waals surface area contributed by atoms with Crippen molar-refractivity contribution in [1.82, 2.24) is 10.6 Å². The van der Waals surface area contributed by atoms with Crippen molar-refractivity contribution in [2.75, 3.05) is 19.6 Å². The zero-order valence-electron chi connectivity index (χ0n) is 10.6. The lowest BCUT2D eigenvalue weighted by atomic mass is 9.82.